The molecule has 0 aliphatic carbocycles. The lowest BCUT2D eigenvalue weighted by Crippen LogP contribution is -2.23. The highest BCUT2D eigenvalue weighted by Gasteiger charge is 2.13. The Morgan fingerprint density at radius 3 is 2.75 bits per heavy atom. The Morgan fingerprint density at radius 1 is 1.45 bits per heavy atom. The Kier molecular flexibility index (Phi) is 3.71. The molecule has 1 atom stereocenters. The number of non-ortho nitro benzene ring substituents is 1. The molecule has 0 saturated heterocycles. The molecule has 1 aromatic heterocycles. The number of nitrogens with zero attached hydrogens (tertiary/aromatic N) is 2. The van der Waals surface area contributed by atoms with Crippen molar-refractivity contribution in [3.63, 3.8) is 0 Å². The Balaban J connectivity index is 2.71. The molecule has 0 radical (unpaired) electrons. The first-order valence-corrected chi connectivity index (χ1v) is 6.09. The predicted molar refractivity (Wildman–Crippen MR) is 76.0 cm³/mol. The van der Waals surface area contributed by atoms with Crippen LogP contribution in [-0.2, 0) is 7.05 Å². The van der Waals surface area contributed by atoms with Crippen LogP contribution in [0, 0.1) is 10.1 Å². The van der Waals surface area contributed by atoms with Crippen molar-refractivity contribution in [3.8, 4) is 0 Å². The molecule has 20 heavy (non-hydrogen) atoms. The van der Waals surface area contributed by atoms with Gasteiger partial charge in [0.15, 0.2) is 0 Å². The molecular formula is C13H15N3O4. The second-order valence-corrected chi connectivity index (χ2v) is 4.64. The zero-order valence-electron chi connectivity index (χ0n) is 11.2. The van der Waals surface area contributed by atoms with Crippen LogP contribution in [0.25, 0.3) is 10.9 Å². The van der Waals surface area contributed by atoms with Gasteiger partial charge in [0.05, 0.1) is 17.0 Å². The molecule has 1 heterocycles. The van der Waals surface area contributed by atoms with Crippen molar-refractivity contribution in [2.45, 2.75) is 13.0 Å². The van der Waals surface area contributed by atoms with Gasteiger partial charge in [0, 0.05) is 42.4 Å². The lowest BCUT2D eigenvalue weighted by molar-refractivity contribution is -0.384. The maximum absolute atomic E-state index is 11.9. The van der Waals surface area contributed by atoms with Gasteiger partial charge in [-0.2, -0.15) is 0 Å². The molecule has 0 fully saturated rings. The quantitative estimate of drug-likeness (QED) is 0.647. The van der Waals surface area contributed by atoms with Crippen LogP contribution in [0.4, 0.5) is 11.4 Å². The smallest absolute Gasteiger partial charge is 0.270 e. The van der Waals surface area contributed by atoms with Gasteiger partial charge in [-0.25, -0.2) is 0 Å². The van der Waals surface area contributed by atoms with Crippen LogP contribution in [0.5, 0.6) is 0 Å². The van der Waals surface area contributed by atoms with Crippen LogP contribution >= 0.6 is 0 Å². The first-order chi connectivity index (χ1) is 9.43. The first-order valence-electron chi connectivity index (χ1n) is 6.09. The van der Waals surface area contributed by atoms with Crippen LogP contribution in [0.15, 0.2) is 29.1 Å². The molecule has 1 unspecified atom stereocenters. The largest absolute Gasteiger partial charge is 0.394 e. The number of anilines is 1. The summed E-state index contributed by atoms with van der Waals surface area (Å²) in [5, 5.41) is 23.5. The van der Waals surface area contributed by atoms with E-state index in [0.717, 1.165) is 0 Å². The number of aliphatic hydroxyl groups excluding tert-OH is 1. The van der Waals surface area contributed by atoms with Gasteiger partial charge in [0.1, 0.15) is 0 Å². The SMILES string of the molecule is CC(CO)Nc1cc(=O)n(C)c2ccc([N+](=O)[O-])cc12. The Morgan fingerprint density at radius 2 is 2.15 bits per heavy atom. The standard InChI is InChI=1S/C13H15N3O4/c1-8(7-17)14-11-6-13(18)15(2)12-4-3-9(16(19)20)5-10(11)12/h3-6,8,14,17H,7H2,1-2H3. The fourth-order valence-corrected chi connectivity index (χ4v) is 1.99. The number of nitro benzene ring substituents is 1. The van der Waals surface area contributed by atoms with Crippen LogP contribution in [0.3, 0.4) is 0 Å². The molecule has 0 bridgehead atoms. The third-order valence-electron chi connectivity index (χ3n) is 3.12. The Hall–Kier alpha value is -2.41. The minimum Gasteiger partial charge on any atom is -0.394 e. The van der Waals surface area contributed by atoms with Crippen LogP contribution in [0.2, 0.25) is 0 Å². The van der Waals surface area contributed by atoms with Crippen molar-refractivity contribution in [2.75, 3.05) is 11.9 Å². The van der Waals surface area contributed by atoms with Gasteiger partial charge in [-0.3, -0.25) is 14.9 Å². The summed E-state index contributed by atoms with van der Waals surface area (Å²) in [6.45, 7) is 1.65. The van der Waals surface area contributed by atoms with Gasteiger partial charge in [-0.15, -0.1) is 0 Å². The number of hydrogen-bond donors (Lipinski definition) is 2. The van der Waals surface area contributed by atoms with E-state index < -0.39 is 4.92 Å². The summed E-state index contributed by atoms with van der Waals surface area (Å²) < 4.78 is 1.42. The molecule has 0 amide bonds. The lowest BCUT2D eigenvalue weighted by Gasteiger charge is -2.15. The summed E-state index contributed by atoms with van der Waals surface area (Å²) in [7, 11) is 1.61. The van der Waals surface area contributed by atoms with E-state index in [-0.39, 0.29) is 23.9 Å². The van der Waals surface area contributed by atoms with Crippen molar-refractivity contribution < 1.29 is 10.0 Å². The van der Waals surface area contributed by atoms with E-state index in [2.05, 4.69) is 5.32 Å². The summed E-state index contributed by atoms with van der Waals surface area (Å²) in [6, 6.07) is 5.44. The number of aryl methyl sites for hydroxylation is 1. The minimum atomic E-state index is -0.482. The third kappa shape index (κ3) is 2.48. The zero-order chi connectivity index (χ0) is 14.9. The molecule has 106 valence electrons. The normalized spacial score (nSPS) is 12.3. The van der Waals surface area contributed by atoms with Gasteiger partial charge < -0.3 is 15.0 Å². The Labute approximate surface area is 114 Å². The lowest BCUT2D eigenvalue weighted by atomic mass is 10.1. The van der Waals surface area contributed by atoms with Gasteiger partial charge in [0.25, 0.3) is 11.2 Å². The van der Waals surface area contributed by atoms with Gasteiger partial charge in [0.2, 0.25) is 0 Å². The molecular weight excluding hydrogens is 262 g/mol. The summed E-state index contributed by atoms with van der Waals surface area (Å²) in [5.41, 5.74) is 0.805. The molecule has 0 aliphatic heterocycles. The van der Waals surface area contributed by atoms with E-state index in [1.165, 1.54) is 22.8 Å². The fraction of sp³-hybridized carbons (Fsp3) is 0.308. The van der Waals surface area contributed by atoms with Crippen molar-refractivity contribution in [2.24, 2.45) is 7.05 Å². The molecule has 2 N–H and O–H groups in total. The number of aliphatic hydroxyl groups is 1. The molecule has 2 rings (SSSR count). The molecule has 2 aromatic rings. The summed E-state index contributed by atoms with van der Waals surface area (Å²) in [5.74, 6) is 0. The van der Waals surface area contributed by atoms with Gasteiger partial charge >= 0.3 is 0 Å². The van der Waals surface area contributed by atoms with Gasteiger partial charge in [-0.05, 0) is 13.0 Å². The predicted octanol–water partition coefficient (Wildman–Crippen LogP) is 1.24. The number of nitro groups is 1. The van der Waals surface area contributed by atoms with Gasteiger partial charge in [-0.1, -0.05) is 0 Å². The molecule has 0 spiro atoms. The molecule has 0 saturated carbocycles. The van der Waals surface area contributed by atoms with Crippen LogP contribution in [0.1, 0.15) is 6.92 Å². The van der Waals surface area contributed by atoms with E-state index in [1.54, 1.807) is 20.0 Å². The molecule has 1 aromatic carbocycles. The monoisotopic (exact) mass is 277 g/mol. The second kappa shape index (κ2) is 5.30. The average molecular weight is 277 g/mol. The second-order valence-electron chi connectivity index (χ2n) is 4.64. The number of benzene rings is 1. The molecule has 7 nitrogen and oxygen atoms in total. The zero-order valence-corrected chi connectivity index (χ0v) is 11.2. The van der Waals surface area contributed by atoms with Crippen molar-refractivity contribution in [1.29, 1.82) is 0 Å². The summed E-state index contributed by atoms with van der Waals surface area (Å²) in [6.07, 6.45) is 0. The van der Waals surface area contributed by atoms with E-state index in [9.17, 15) is 14.9 Å². The van der Waals surface area contributed by atoms with E-state index in [1.807, 2.05) is 0 Å². The van der Waals surface area contributed by atoms with Crippen LogP contribution < -0.4 is 10.9 Å². The number of fused-ring (bicyclic) bond motifs is 1. The molecule has 7 heteroatoms. The van der Waals surface area contributed by atoms with Crippen molar-refractivity contribution >= 4 is 22.3 Å². The number of nitrogens with one attached hydrogen (secondary N) is 1. The molecule has 0 aliphatic rings. The maximum Gasteiger partial charge on any atom is 0.270 e. The Bertz CT molecular complexity index is 723. The number of pyridine rings is 1. The van der Waals surface area contributed by atoms with E-state index in [0.29, 0.717) is 16.6 Å². The third-order valence-corrected chi connectivity index (χ3v) is 3.12. The first kappa shape index (κ1) is 14.0. The maximum atomic E-state index is 11.9. The van der Waals surface area contributed by atoms with E-state index >= 15 is 0 Å². The summed E-state index contributed by atoms with van der Waals surface area (Å²) in [4.78, 5) is 22.2. The fourth-order valence-electron chi connectivity index (χ4n) is 1.99. The van der Waals surface area contributed by atoms with E-state index in [4.69, 9.17) is 5.11 Å². The highest BCUT2D eigenvalue weighted by molar-refractivity contribution is 5.93. The number of aromatic nitrogens is 1. The topological polar surface area (TPSA) is 97.4 Å². The van der Waals surface area contributed by atoms with Crippen molar-refractivity contribution in [1.82, 2.24) is 4.57 Å². The number of hydrogen-bond acceptors (Lipinski definition) is 5. The van der Waals surface area contributed by atoms with Crippen molar-refractivity contribution in [3.05, 3.63) is 44.7 Å². The highest BCUT2D eigenvalue weighted by Crippen LogP contribution is 2.26. The minimum absolute atomic E-state index is 0.0455. The summed E-state index contributed by atoms with van der Waals surface area (Å²) >= 11 is 0. The average Bonchev–Trinajstić information content (AvgIpc) is 2.43. The van der Waals surface area contributed by atoms with Crippen LogP contribution in [-0.4, -0.2) is 27.2 Å². The highest BCUT2D eigenvalue weighted by atomic mass is 16.6. The number of rotatable bonds is 4.